The molecule has 0 saturated heterocycles. The average Bonchev–Trinajstić information content (AvgIpc) is 2.46. The van der Waals surface area contributed by atoms with Gasteiger partial charge in [0.25, 0.3) is 0 Å². The van der Waals surface area contributed by atoms with E-state index in [-0.39, 0.29) is 11.9 Å². The second kappa shape index (κ2) is 13.8. The van der Waals surface area contributed by atoms with Crippen LogP contribution in [-0.2, 0) is 14.3 Å². The van der Waals surface area contributed by atoms with Crippen LogP contribution in [-0.4, -0.2) is 25.0 Å². The van der Waals surface area contributed by atoms with Crippen molar-refractivity contribution in [2.45, 2.75) is 47.0 Å². The number of rotatable bonds is 11. The van der Waals surface area contributed by atoms with Crippen LogP contribution in [0.5, 0.6) is 0 Å². The molecule has 0 atom stereocenters. The minimum absolute atomic E-state index is 0.0363. The number of allylic oxidation sites excluding steroid dienone is 4. The molecule has 0 heterocycles. The van der Waals surface area contributed by atoms with Gasteiger partial charge in [0, 0.05) is 13.0 Å². The Balaban J connectivity index is 3.65. The fourth-order valence-corrected chi connectivity index (χ4v) is 1.59. The van der Waals surface area contributed by atoms with Gasteiger partial charge in [0.05, 0.1) is 0 Å². The van der Waals surface area contributed by atoms with Gasteiger partial charge in [-0.25, -0.2) is 0 Å². The minimum atomic E-state index is -0.158. The molecule has 0 aromatic heterocycles. The predicted molar refractivity (Wildman–Crippen MR) is 94.9 cm³/mol. The van der Waals surface area contributed by atoms with Crippen molar-refractivity contribution in [3.63, 3.8) is 0 Å². The Bertz CT molecular complexity index is 420. The molecule has 0 fully saturated rings. The molecule has 1 amide bonds. The predicted octanol–water partition coefficient (Wildman–Crippen LogP) is 3.80. The molecular weight excluding hydrogens is 290 g/mol. The fourth-order valence-electron chi connectivity index (χ4n) is 1.59. The van der Waals surface area contributed by atoms with E-state index in [4.69, 9.17) is 4.74 Å². The van der Waals surface area contributed by atoms with Gasteiger partial charge in [-0.3, -0.25) is 9.59 Å². The van der Waals surface area contributed by atoms with Crippen LogP contribution in [0.1, 0.15) is 47.0 Å². The molecule has 0 aliphatic heterocycles. The number of ether oxygens (including phenoxy) is 1. The second-order valence-electron chi connectivity index (χ2n) is 6.26. The van der Waals surface area contributed by atoms with E-state index in [9.17, 15) is 9.59 Å². The lowest BCUT2D eigenvalue weighted by Gasteiger charge is -2.03. The number of carbonyl (C=O) groups is 2. The van der Waals surface area contributed by atoms with Crippen molar-refractivity contribution in [1.82, 2.24) is 5.32 Å². The number of hydrogen-bond acceptors (Lipinski definition) is 3. The molecule has 0 bridgehead atoms. The first-order valence-corrected chi connectivity index (χ1v) is 8.33. The Morgan fingerprint density at radius 3 is 2.26 bits per heavy atom. The molecule has 0 unspecified atom stereocenters. The van der Waals surface area contributed by atoms with Crippen molar-refractivity contribution in [1.29, 1.82) is 0 Å². The van der Waals surface area contributed by atoms with Crippen molar-refractivity contribution < 1.29 is 14.3 Å². The Morgan fingerprint density at radius 1 is 0.957 bits per heavy atom. The quantitative estimate of drug-likeness (QED) is 0.272. The highest BCUT2D eigenvalue weighted by molar-refractivity contribution is 5.87. The van der Waals surface area contributed by atoms with Crippen LogP contribution in [0.3, 0.4) is 0 Å². The summed E-state index contributed by atoms with van der Waals surface area (Å²) in [6, 6.07) is 0. The van der Waals surface area contributed by atoms with Gasteiger partial charge >= 0.3 is 5.97 Å². The van der Waals surface area contributed by atoms with Crippen LogP contribution in [0.4, 0.5) is 0 Å². The zero-order valence-corrected chi connectivity index (χ0v) is 14.9. The first-order chi connectivity index (χ1) is 10.9. The first-order valence-electron chi connectivity index (χ1n) is 8.33. The summed E-state index contributed by atoms with van der Waals surface area (Å²) in [4.78, 5) is 22.7. The van der Waals surface area contributed by atoms with E-state index in [0.29, 0.717) is 31.4 Å². The molecule has 1 N–H and O–H groups in total. The maximum Gasteiger partial charge on any atom is 0.306 e. The Morgan fingerprint density at radius 2 is 1.61 bits per heavy atom. The third-order valence-electron chi connectivity index (χ3n) is 2.75. The highest BCUT2D eigenvalue weighted by Crippen LogP contribution is 2.00. The molecule has 0 aliphatic rings. The van der Waals surface area contributed by atoms with Crippen LogP contribution in [0.25, 0.3) is 0 Å². The largest absolute Gasteiger partial charge is 0.461 e. The maximum atomic E-state index is 11.4. The lowest BCUT2D eigenvalue weighted by molar-refractivity contribution is -0.143. The van der Waals surface area contributed by atoms with Crippen LogP contribution in [0.15, 0.2) is 36.5 Å². The van der Waals surface area contributed by atoms with E-state index in [0.717, 1.165) is 12.8 Å². The van der Waals surface area contributed by atoms with Crippen molar-refractivity contribution in [2.24, 2.45) is 11.8 Å². The van der Waals surface area contributed by atoms with E-state index in [2.05, 4.69) is 19.2 Å². The lowest BCUT2D eigenvalue weighted by atomic mass is 10.1. The van der Waals surface area contributed by atoms with E-state index >= 15 is 0 Å². The summed E-state index contributed by atoms with van der Waals surface area (Å²) in [6.45, 7) is 9.12. The van der Waals surface area contributed by atoms with Crippen LogP contribution in [0, 0.1) is 11.8 Å². The van der Waals surface area contributed by atoms with Crippen LogP contribution >= 0.6 is 0 Å². The number of hydrogen-bond donors (Lipinski definition) is 1. The highest BCUT2D eigenvalue weighted by Gasteiger charge is 2.03. The molecular formula is C19H31NO3. The van der Waals surface area contributed by atoms with E-state index in [1.807, 2.05) is 44.2 Å². The normalized spacial score (nSPS) is 12.1. The molecule has 130 valence electrons. The summed E-state index contributed by atoms with van der Waals surface area (Å²) in [5.74, 6) is 0.596. The van der Waals surface area contributed by atoms with Crippen LogP contribution in [0.2, 0.25) is 0 Å². The maximum absolute atomic E-state index is 11.4. The summed E-state index contributed by atoms with van der Waals surface area (Å²) in [5, 5.41) is 2.83. The molecule has 0 radical (unpaired) electrons. The topological polar surface area (TPSA) is 55.4 Å². The van der Waals surface area contributed by atoms with Crippen molar-refractivity contribution in [3.8, 4) is 0 Å². The van der Waals surface area contributed by atoms with Crippen molar-refractivity contribution in [2.75, 3.05) is 13.2 Å². The SMILES string of the molecule is CC(C)CNC(=O)C=CCCC=C/C=C/COC(=O)CC(C)C. The van der Waals surface area contributed by atoms with Crippen LogP contribution < -0.4 is 5.32 Å². The molecule has 0 rings (SSSR count). The van der Waals surface area contributed by atoms with Gasteiger partial charge in [-0.05, 0) is 36.8 Å². The number of unbranched alkanes of at least 4 members (excludes halogenated alkanes) is 1. The first kappa shape index (κ1) is 21.2. The molecule has 0 saturated carbocycles. The fraction of sp³-hybridized carbons (Fsp3) is 0.579. The summed E-state index contributed by atoms with van der Waals surface area (Å²) >= 11 is 0. The Hall–Kier alpha value is -1.84. The minimum Gasteiger partial charge on any atom is -0.461 e. The van der Waals surface area contributed by atoms with Gasteiger partial charge in [-0.15, -0.1) is 0 Å². The van der Waals surface area contributed by atoms with Gasteiger partial charge in [-0.1, -0.05) is 52.0 Å². The summed E-state index contributed by atoms with van der Waals surface area (Å²) < 4.78 is 5.05. The van der Waals surface area contributed by atoms with E-state index in [1.165, 1.54) is 0 Å². The molecule has 4 nitrogen and oxygen atoms in total. The number of nitrogens with one attached hydrogen (secondary N) is 1. The molecule has 0 aromatic rings. The molecule has 0 spiro atoms. The third-order valence-corrected chi connectivity index (χ3v) is 2.75. The number of esters is 1. The summed E-state index contributed by atoms with van der Waals surface area (Å²) in [6.07, 6.45) is 13.2. The summed E-state index contributed by atoms with van der Waals surface area (Å²) in [5.41, 5.74) is 0. The molecule has 4 heteroatoms. The van der Waals surface area contributed by atoms with Gasteiger partial charge in [-0.2, -0.15) is 0 Å². The molecule has 23 heavy (non-hydrogen) atoms. The van der Waals surface area contributed by atoms with Gasteiger partial charge in [0.15, 0.2) is 0 Å². The second-order valence-corrected chi connectivity index (χ2v) is 6.26. The lowest BCUT2D eigenvalue weighted by Crippen LogP contribution is -2.25. The van der Waals surface area contributed by atoms with E-state index < -0.39 is 0 Å². The zero-order chi connectivity index (χ0) is 17.5. The Labute approximate surface area is 140 Å². The van der Waals surface area contributed by atoms with E-state index in [1.54, 1.807) is 6.08 Å². The highest BCUT2D eigenvalue weighted by atomic mass is 16.5. The third kappa shape index (κ3) is 16.4. The van der Waals surface area contributed by atoms with Gasteiger partial charge in [0.2, 0.25) is 5.91 Å². The number of carbonyl (C=O) groups excluding carboxylic acids is 2. The van der Waals surface area contributed by atoms with Crippen molar-refractivity contribution >= 4 is 11.9 Å². The molecule has 0 aromatic carbocycles. The van der Waals surface area contributed by atoms with Crippen molar-refractivity contribution in [3.05, 3.63) is 36.5 Å². The Kier molecular flexibility index (Phi) is 12.7. The monoisotopic (exact) mass is 321 g/mol. The number of amides is 1. The van der Waals surface area contributed by atoms with Gasteiger partial charge in [0.1, 0.15) is 6.61 Å². The van der Waals surface area contributed by atoms with Gasteiger partial charge < -0.3 is 10.1 Å². The summed E-state index contributed by atoms with van der Waals surface area (Å²) in [7, 11) is 0. The smallest absolute Gasteiger partial charge is 0.306 e. The standard InChI is InChI=1S/C19H31NO3/c1-16(2)14-19(22)23-13-11-9-7-5-6-8-10-12-18(21)20-15-17(3)4/h5,7,9-12,16-17H,6,8,13-15H2,1-4H3,(H,20,21)/b7-5?,11-9+,12-10?. The zero-order valence-electron chi connectivity index (χ0n) is 14.9. The average molecular weight is 321 g/mol. The molecule has 0 aliphatic carbocycles.